The summed E-state index contributed by atoms with van der Waals surface area (Å²) >= 11 is 3.33. The number of ether oxygens (including phenoxy) is 2. The summed E-state index contributed by atoms with van der Waals surface area (Å²) in [5.74, 6) is -0.465. The van der Waals surface area contributed by atoms with E-state index in [4.69, 9.17) is 9.47 Å². The second kappa shape index (κ2) is 10.1. The standard InChI is InChI=1S/C20H17BrN2O4/c1-2-26-19(24)13-27-18-8-6-14(7-9-18)10-15(12-22)20(25)23-17-5-3-4-16(21)11-17/h3-11H,2,13H2,1H3,(H,23,25)/b15-10-. The highest BCUT2D eigenvalue weighted by Crippen LogP contribution is 2.18. The number of esters is 1. The molecule has 0 unspecified atom stereocenters. The van der Waals surface area contributed by atoms with E-state index >= 15 is 0 Å². The number of amides is 1. The minimum absolute atomic E-state index is 0.0323. The van der Waals surface area contributed by atoms with Gasteiger partial charge >= 0.3 is 5.97 Å². The van der Waals surface area contributed by atoms with E-state index in [-0.39, 0.29) is 12.2 Å². The highest BCUT2D eigenvalue weighted by molar-refractivity contribution is 9.10. The number of hydrogen-bond donors (Lipinski definition) is 1. The summed E-state index contributed by atoms with van der Waals surface area (Å²) in [5.41, 5.74) is 1.20. The van der Waals surface area contributed by atoms with E-state index < -0.39 is 11.9 Å². The highest BCUT2D eigenvalue weighted by Gasteiger charge is 2.10. The normalized spacial score (nSPS) is 10.6. The molecule has 1 N–H and O–H groups in total. The fourth-order valence-electron chi connectivity index (χ4n) is 2.09. The van der Waals surface area contributed by atoms with Crippen molar-refractivity contribution in [2.75, 3.05) is 18.5 Å². The van der Waals surface area contributed by atoms with Crippen molar-refractivity contribution in [1.82, 2.24) is 0 Å². The molecule has 27 heavy (non-hydrogen) atoms. The Hall–Kier alpha value is -3.11. The van der Waals surface area contributed by atoms with Crippen LogP contribution in [0.15, 0.2) is 58.6 Å². The van der Waals surface area contributed by atoms with Gasteiger partial charge in [-0.2, -0.15) is 5.26 Å². The second-order valence-electron chi connectivity index (χ2n) is 5.30. The predicted molar refractivity (Wildman–Crippen MR) is 105 cm³/mol. The van der Waals surface area contributed by atoms with Crippen LogP contribution in [0.5, 0.6) is 5.75 Å². The van der Waals surface area contributed by atoms with Gasteiger partial charge in [0.2, 0.25) is 0 Å². The second-order valence-corrected chi connectivity index (χ2v) is 6.21. The molecule has 0 heterocycles. The van der Waals surface area contributed by atoms with Crippen molar-refractivity contribution in [2.45, 2.75) is 6.92 Å². The minimum Gasteiger partial charge on any atom is -0.482 e. The van der Waals surface area contributed by atoms with Crippen LogP contribution in [-0.4, -0.2) is 25.1 Å². The Morgan fingerprint density at radius 3 is 2.59 bits per heavy atom. The molecule has 6 nitrogen and oxygen atoms in total. The van der Waals surface area contributed by atoms with E-state index in [9.17, 15) is 14.9 Å². The van der Waals surface area contributed by atoms with E-state index in [1.807, 2.05) is 12.1 Å². The van der Waals surface area contributed by atoms with Crippen LogP contribution in [-0.2, 0) is 14.3 Å². The number of benzene rings is 2. The number of carbonyl (C=O) groups excluding carboxylic acids is 2. The van der Waals surface area contributed by atoms with Gasteiger partial charge in [-0.3, -0.25) is 4.79 Å². The fraction of sp³-hybridized carbons (Fsp3) is 0.150. The number of halogens is 1. The Kier molecular flexibility index (Phi) is 7.59. The molecule has 0 saturated heterocycles. The van der Waals surface area contributed by atoms with Gasteiger partial charge in [-0.25, -0.2) is 4.79 Å². The van der Waals surface area contributed by atoms with Gasteiger partial charge in [-0.1, -0.05) is 34.1 Å². The number of nitrogens with zero attached hydrogens (tertiary/aromatic N) is 1. The molecular formula is C20H17BrN2O4. The molecule has 138 valence electrons. The van der Waals surface area contributed by atoms with Crippen molar-refractivity contribution in [3.63, 3.8) is 0 Å². The summed E-state index contributed by atoms with van der Waals surface area (Å²) in [5, 5.41) is 12.0. The molecule has 0 atom stereocenters. The van der Waals surface area contributed by atoms with Gasteiger partial charge in [0.15, 0.2) is 6.61 Å². The van der Waals surface area contributed by atoms with Crippen molar-refractivity contribution < 1.29 is 19.1 Å². The third-order valence-electron chi connectivity index (χ3n) is 3.30. The molecule has 2 aromatic rings. The lowest BCUT2D eigenvalue weighted by atomic mass is 10.1. The number of hydrogen-bond acceptors (Lipinski definition) is 5. The third-order valence-corrected chi connectivity index (χ3v) is 3.79. The smallest absolute Gasteiger partial charge is 0.344 e. The van der Waals surface area contributed by atoms with Crippen molar-refractivity contribution in [1.29, 1.82) is 5.26 Å². The lowest BCUT2D eigenvalue weighted by Gasteiger charge is -2.06. The molecule has 0 aromatic heterocycles. The number of nitrogens with one attached hydrogen (secondary N) is 1. The minimum atomic E-state index is -0.502. The number of rotatable bonds is 7. The van der Waals surface area contributed by atoms with Crippen LogP contribution in [0.3, 0.4) is 0 Å². The first-order valence-corrected chi connectivity index (χ1v) is 8.88. The Morgan fingerprint density at radius 2 is 1.96 bits per heavy atom. The maximum absolute atomic E-state index is 12.3. The van der Waals surface area contributed by atoms with Gasteiger partial charge < -0.3 is 14.8 Å². The summed E-state index contributed by atoms with van der Waals surface area (Å²) in [7, 11) is 0. The molecule has 0 aliphatic heterocycles. The van der Waals surface area contributed by atoms with Crippen LogP contribution < -0.4 is 10.1 Å². The fourth-order valence-corrected chi connectivity index (χ4v) is 2.48. The van der Waals surface area contributed by atoms with Crippen LogP contribution in [0.2, 0.25) is 0 Å². The SMILES string of the molecule is CCOC(=O)COc1ccc(/C=C(/C#N)C(=O)Nc2cccc(Br)c2)cc1. The largest absolute Gasteiger partial charge is 0.482 e. The zero-order valence-corrected chi connectivity index (χ0v) is 16.2. The van der Waals surface area contributed by atoms with Gasteiger partial charge in [0, 0.05) is 10.2 Å². The maximum atomic E-state index is 12.3. The van der Waals surface area contributed by atoms with E-state index in [1.165, 1.54) is 6.08 Å². The van der Waals surface area contributed by atoms with E-state index in [0.717, 1.165) is 4.47 Å². The molecule has 0 fully saturated rings. The Bertz CT molecular complexity index is 886. The van der Waals surface area contributed by atoms with E-state index in [1.54, 1.807) is 49.4 Å². The summed E-state index contributed by atoms with van der Waals surface area (Å²) in [6.45, 7) is 1.84. The number of carbonyl (C=O) groups is 2. The topological polar surface area (TPSA) is 88.4 Å². The van der Waals surface area contributed by atoms with E-state index in [0.29, 0.717) is 23.6 Å². The lowest BCUT2D eigenvalue weighted by molar-refractivity contribution is -0.145. The quantitative estimate of drug-likeness (QED) is 0.409. The molecule has 0 aliphatic carbocycles. The molecule has 2 aromatic carbocycles. The summed E-state index contributed by atoms with van der Waals surface area (Å²) < 4.78 is 10.9. The molecule has 7 heteroatoms. The number of anilines is 1. The van der Waals surface area contributed by atoms with Crippen molar-refractivity contribution in [2.24, 2.45) is 0 Å². The summed E-state index contributed by atoms with van der Waals surface area (Å²) in [6, 6.07) is 15.6. The molecular weight excluding hydrogens is 412 g/mol. The molecule has 0 radical (unpaired) electrons. The van der Waals surface area contributed by atoms with Crippen LogP contribution in [0.4, 0.5) is 5.69 Å². The van der Waals surface area contributed by atoms with Gasteiger partial charge in [-0.05, 0) is 48.9 Å². The first-order valence-electron chi connectivity index (χ1n) is 8.09. The zero-order chi connectivity index (χ0) is 19.6. The van der Waals surface area contributed by atoms with Gasteiger partial charge in [0.25, 0.3) is 5.91 Å². The zero-order valence-electron chi connectivity index (χ0n) is 14.6. The van der Waals surface area contributed by atoms with Crippen molar-refractivity contribution >= 4 is 39.6 Å². The predicted octanol–water partition coefficient (Wildman–Crippen LogP) is 3.94. The third kappa shape index (κ3) is 6.60. The Balaban J connectivity index is 2.03. The van der Waals surface area contributed by atoms with Gasteiger partial charge in [-0.15, -0.1) is 0 Å². The lowest BCUT2D eigenvalue weighted by Crippen LogP contribution is -2.14. The number of nitriles is 1. The summed E-state index contributed by atoms with van der Waals surface area (Å²) in [4.78, 5) is 23.5. The summed E-state index contributed by atoms with van der Waals surface area (Å²) in [6.07, 6.45) is 1.47. The average Bonchev–Trinajstić information content (AvgIpc) is 2.65. The highest BCUT2D eigenvalue weighted by atomic mass is 79.9. The van der Waals surface area contributed by atoms with Crippen molar-refractivity contribution in [3.05, 3.63) is 64.1 Å². The van der Waals surface area contributed by atoms with E-state index in [2.05, 4.69) is 21.2 Å². The van der Waals surface area contributed by atoms with Crippen LogP contribution >= 0.6 is 15.9 Å². The maximum Gasteiger partial charge on any atom is 0.344 e. The average molecular weight is 429 g/mol. The first-order chi connectivity index (χ1) is 13.0. The Labute approximate surface area is 165 Å². The monoisotopic (exact) mass is 428 g/mol. The van der Waals surface area contributed by atoms with Crippen LogP contribution in [0.1, 0.15) is 12.5 Å². The molecule has 1 amide bonds. The van der Waals surface area contributed by atoms with Crippen LogP contribution in [0.25, 0.3) is 6.08 Å². The van der Waals surface area contributed by atoms with Gasteiger partial charge in [0.1, 0.15) is 17.4 Å². The molecule has 2 rings (SSSR count). The van der Waals surface area contributed by atoms with Crippen molar-refractivity contribution in [3.8, 4) is 11.8 Å². The Morgan fingerprint density at radius 1 is 1.22 bits per heavy atom. The van der Waals surface area contributed by atoms with Crippen LogP contribution in [0, 0.1) is 11.3 Å². The first kappa shape index (κ1) is 20.2. The van der Waals surface area contributed by atoms with Gasteiger partial charge in [0.05, 0.1) is 6.61 Å². The molecule has 0 aliphatic rings. The molecule has 0 spiro atoms. The molecule has 0 bridgehead atoms. The molecule has 0 saturated carbocycles.